The van der Waals surface area contributed by atoms with Crippen LogP contribution in [-0.2, 0) is 23.7 Å². The van der Waals surface area contributed by atoms with E-state index in [1.165, 1.54) is 0 Å². The molecule has 0 spiro atoms. The molecule has 0 aromatic rings. The van der Waals surface area contributed by atoms with Gasteiger partial charge in [-0.25, -0.2) is 0 Å². The van der Waals surface area contributed by atoms with Crippen molar-refractivity contribution >= 4 is 5.97 Å². The van der Waals surface area contributed by atoms with Gasteiger partial charge in [-0.1, -0.05) is 0 Å². The Labute approximate surface area is 92.4 Å². The number of carbonyl (C=O) groups is 1. The van der Waals surface area contributed by atoms with Crippen LogP contribution < -0.4 is 0 Å². The summed E-state index contributed by atoms with van der Waals surface area (Å²) in [5, 5.41) is 10.1. The fourth-order valence-electron chi connectivity index (χ4n) is 2.47. The van der Waals surface area contributed by atoms with Gasteiger partial charge < -0.3 is 24.1 Å². The molecule has 3 aliphatic heterocycles. The van der Waals surface area contributed by atoms with E-state index in [4.69, 9.17) is 18.9 Å². The predicted molar refractivity (Wildman–Crippen MR) is 49.5 cm³/mol. The third kappa shape index (κ3) is 1.53. The summed E-state index contributed by atoms with van der Waals surface area (Å²) in [5.41, 5.74) is 0. The van der Waals surface area contributed by atoms with Gasteiger partial charge in [0.15, 0.2) is 12.4 Å². The Morgan fingerprint density at radius 3 is 2.88 bits per heavy atom. The third-order valence-electron chi connectivity index (χ3n) is 3.24. The van der Waals surface area contributed by atoms with Crippen molar-refractivity contribution in [2.45, 2.75) is 50.2 Å². The van der Waals surface area contributed by atoms with Crippen molar-refractivity contribution in [3.63, 3.8) is 0 Å². The molecule has 0 aliphatic carbocycles. The van der Waals surface area contributed by atoms with Crippen LogP contribution in [0.1, 0.15) is 13.3 Å². The number of fused-ring (bicyclic) bond motifs is 2. The van der Waals surface area contributed by atoms with Gasteiger partial charge in [0.25, 0.3) is 0 Å². The summed E-state index contributed by atoms with van der Waals surface area (Å²) in [6.45, 7) is 2.13. The molecule has 6 heteroatoms. The van der Waals surface area contributed by atoms with E-state index in [9.17, 15) is 9.90 Å². The molecule has 0 aromatic heterocycles. The monoisotopic (exact) mass is 230 g/mol. The van der Waals surface area contributed by atoms with Crippen molar-refractivity contribution in [2.24, 2.45) is 0 Å². The first kappa shape index (κ1) is 10.5. The number of carbonyl (C=O) groups excluding carboxylic acids is 1. The molecule has 3 aliphatic rings. The molecule has 3 saturated heterocycles. The van der Waals surface area contributed by atoms with E-state index in [2.05, 4.69) is 0 Å². The minimum Gasteiger partial charge on any atom is -0.457 e. The Balaban J connectivity index is 1.79. The van der Waals surface area contributed by atoms with Crippen molar-refractivity contribution in [1.29, 1.82) is 0 Å². The average Bonchev–Trinajstić information content (AvgIpc) is 2.61. The molecule has 0 saturated carbocycles. The summed E-state index contributed by atoms with van der Waals surface area (Å²) in [6.07, 6.45) is -2.77. The fraction of sp³-hybridized carbons (Fsp3) is 0.900. The number of hydrogen-bond acceptors (Lipinski definition) is 6. The summed E-state index contributed by atoms with van der Waals surface area (Å²) < 4.78 is 21.4. The standard InChI is InChI=1S/C10H14O6/c1-4-13-3-6-10(14-4)8(12)9-5(15-6)2-7(11)16-9/h4-6,8-10,12H,2-3H2,1H3/t4-,5-,6-,8-,9+,10-/m1/s1. The normalized spacial score (nSPS) is 51.8. The zero-order valence-corrected chi connectivity index (χ0v) is 8.87. The quantitative estimate of drug-likeness (QED) is 0.549. The number of esters is 1. The van der Waals surface area contributed by atoms with E-state index in [0.29, 0.717) is 6.61 Å². The second kappa shape index (κ2) is 3.66. The Morgan fingerprint density at radius 2 is 2.06 bits per heavy atom. The Bertz CT molecular complexity index is 306. The minimum atomic E-state index is -0.832. The van der Waals surface area contributed by atoms with Gasteiger partial charge in [-0.3, -0.25) is 4.79 Å². The molecule has 3 fully saturated rings. The predicted octanol–water partition coefficient (Wildman–Crippen LogP) is -0.808. The highest BCUT2D eigenvalue weighted by Crippen LogP contribution is 2.34. The number of aliphatic hydroxyl groups is 1. The zero-order valence-electron chi connectivity index (χ0n) is 8.87. The van der Waals surface area contributed by atoms with Crippen LogP contribution in [-0.4, -0.2) is 54.5 Å². The van der Waals surface area contributed by atoms with E-state index >= 15 is 0 Å². The average molecular weight is 230 g/mol. The first-order valence-corrected chi connectivity index (χ1v) is 5.45. The maximum absolute atomic E-state index is 11.1. The molecule has 0 unspecified atom stereocenters. The first-order chi connectivity index (χ1) is 7.65. The summed E-state index contributed by atoms with van der Waals surface area (Å²) >= 11 is 0. The molecule has 90 valence electrons. The van der Waals surface area contributed by atoms with E-state index in [0.717, 1.165) is 0 Å². The van der Waals surface area contributed by atoms with Crippen molar-refractivity contribution in [3.05, 3.63) is 0 Å². The maximum atomic E-state index is 11.1. The van der Waals surface area contributed by atoms with Gasteiger partial charge in [-0.15, -0.1) is 0 Å². The van der Waals surface area contributed by atoms with Crippen LogP contribution in [0.25, 0.3) is 0 Å². The van der Waals surface area contributed by atoms with E-state index in [-0.39, 0.29) is 30.9 Å². The molecule has 0 bridgehead atoms. The maximum Gasteiger partial charge on any atom is 0.309 e. The number of aliphatic hydroxyl groups excluding tert-OH is 1. The Hall–Kier alpha value is -0.690. The molecule has 6 nitrogen and oxygen atoms in total. The van der Waals surface area contributed by atoms with Crippen molar-refractivity contribution in [1.82, 2.24) is 0 Å². The molecule has 16 heavy (non-hydrogen) atoms. The number of hydrogen-bond donors (Lipinski definition) is 1. The molecule has 3 heterocycles. The van der Waals surface area contributed by atoms with Crippen LogP contribution in [0.2, 0.25) is 0 Å². The van der Waals surface area contributed by atoms with Gasteiger partial charge in [0.05, 0.1) is 13.0 Å². The summed E-state index contributed by atoms with van der Waals surface area (Å²) in [6, 6.07) is 0. The highest BCUT2D eigenvalue weighted by molar-refractivity contribution is 5.72. The Kier molecular flexibility index (Phi) is 2.39. The van der Waals surface area contributed by atoms with E-state index in [1.54, 1.807) is 6.92 Å². The van der Waals surface area contributed by atoms with Crippen LogP contribution in [0.15, 0.2) is 0 Å². The lowest BCUT2D eigenvalue weighted by Crippen LogP contribution is -2.61. The van der Waals surface area contributed by atoms with Crippen LogP contribution in [0.5, 0.6) is 0 Å². The lowest BCUT2D eigenvalue weighted by molar-refractivity contribution is -0.313. The van der Waals surface area contributed by atoms with Gasteiger partial charge in [0.1, 0.15) is 24.4 Å². The summed E-state index contributed by atoms with van der Waals surface area (Å²) in [5.74, 6) is -0.332. The SMILES string of the molecule is C[C@@H]1OC[C@H]2O[C@@H]3CC(=O)O[C@@H]3[C@@H](O)[C@@H]2O1. The van der Waals surface area contributed by atoms with Crippen molar-refractivity contribution in [2.75, 3.05) is 6.61 Å². The molecule has 0 aromatic carbocycles. The molecule has 1 N–H and O–H groups in total. The topological polar surface area (TPSA) is 74.2 Å². The lowest BCUT2D eigenvalue weighted by Gasteiger charge is -2.44. The summed E-state index contributed by atoms with van der Waals surface area (Å²) in [7, 11) is 0. The van der Waals surface area contributed by atoms with Gasteiger partial charge in [0, 0.05) is 0 Å². The van der Waals surface area contributed by atoms with Gasteiger partial charge in [0.2, 0.25) is 0 Å². The van der Waals surface area contributed by atoms with Crippen LogP contribution in [0.3, 0.4) is 0 Å². The van der Waals surface area contributed by atoms with Gasteiger partial charge >= 0.3 is 5.97 Å². The smallest absolute Gasteiger partial charge is 0.309 e. The molecule has 0 amide bonds. The van der Waals surface area contributed by atoms with Crippen molar-refractivity contribution < 1.29 is 28.8 Å². The molecule has 0 radical (unpaired) electrons. The highest BCUT2D eigenvalue weighted by Gasteiger charge is 2.53. The van der Waals surface area contributed by atoms with Crippen molar-refractivity contribution in [3.8, 4) is 0 Å². The summed E-state index contributed by atoms with van der Waals surface area (Å²) in [4.78, 5) is 11.1. The largest absolute Gasteiger partial charge is 0.457 e. The first-order valence-electron chi connectivity index (χ1n) is 5.45. The van der Waals surface area contributed by atoms with Crippen LogP contribution in [0.4, 0.5) is 0 Å². The minimum absolute atomic E-state index is 0.195. The highest BCUT2D eigenvalue weighted by atomic mass is 16.7. The molecule has 6 atom stereocenters. The van der Waals surface area contributed by atoms with E-state index < -0.39 is 18.3 Å². The number of rotatable bonds is 0. The molecular formula is C10H14O6. The molecular weight excluding hydrogens is 216 g/mol. The third-order valence-corrected chi connectivity index (χ3v) is 3.24. The second-order valence-corrected chi connectivity index (χ2v) is 4.36. The second-order valence-electron chi connectivity index (χ2n) is 4.36. The Morgan fingerprint density at radius 1 is 1.25 bits per heavy atom. The number of ether oxygens (including phenoxy) is 4. The van der Waals surface area contributed by atoms with Crippen LogP contribution in [0, 0.1) is 0 Å². The van der Waals surface area contributed by atoms with Gasteiger partial charge in [-0.05, 0) is 6.92 Å². The molecule has 3 rings (SSSR count). The van der Waals surface area contributed by atoms with Crippen LogP contribution >= 0.6 is 0 Å². The lowest BCUT2D eigenvalue weighted by atomic mass is 9.94. The fourth-order valence-corrected chi connectivity index (χ4v) is 2.47. The van der Waals surface area contributed by atoms with Gasteiger partial charge in [-0.2, -0.15) is 0 Å². The van der Waals surface area contributed by atoms with E-state index in [1.807, 2.05) is 0 Å². The zero-order chi connectivity index (χ0) is 11.3.